The van der Waals surface area contributed by atoms with Gasteiger partial charge in [-0.05, 0) is 41.0 Å². The zero-order chi connectivity index (χ0) is 13.8. The highest BCUT2D eigenvalue weighted by molar-refractivity contribution is 6.62. The molecular weight excluding hydrogens is 291 g/mol. The van der Waals surface area contributed by atoms with E-state index in [4.69, 9.17) is 23.2 Å². The minimum Gasteiger partial charge on any atom is -0.0884 e. The summed E-state index contributed by atoms with van der Waals surface area (Å²) in [6, 6.07) is 16.0. The molecule has 0 heterocycles. The molecule has 0 nitrogen and oxygen atoms in total. The van der Waals surface area contributed by atoms with Crippen molar-refractivity contribution in [3.05, 3.63) is 75.4 Å². The van der Waals surface area contributed by atoms with E-state index in [2.05, 4.69) is 43.1 Å². The summed E-state index contributed by atoms with van der Waals surface area (Å²) in [5.74, 6) is 0. The largest absolute Gasteiger partial charge is 0.0884 e. The first-order chi connectivity index (χ1) is 9.06. The molecule has 0 saturated carbocycles. The Morgan fingerprint density at radius 3 is 1.47 bits per heavy atom. The molecular formula is C16H15Cl2Si. The number of halogens is 2. The first kappa shape index (κ1) is 14.4. The standard InChI is InChI=1S/C16H15Cl2Si/c1-19(2)11-16(12-3-7-14(17)8-4-12)13-5-9-15(18)10-6-13/h3-11H,1-2H3. The van der Waals surface area contributed by atoms with Crippen LogP contribution in [-0.2, 0) is 0 Å². The van der Waals surface area contributed by atoms with E-state index in [1.807, 2.05) is 24.3 Å². The molecule has 19 heavy (non-hydrogen) atoms. The monoisotopic (exact) mass is 305 g/mol. The van der Waals surface area contributed by atoms with Gasteiger partial charge in [-0.3, -0.25) is 0 Å². The summed E-state index contributed by atoms with van der Waals surface area (Å²) in [5.41, 5.74) is 6.00. The lowest BCUT2D eigenvalue weighted by molar-refractivity contribution is 1.55. The van der Waals surface area contributed by atoms with E-state index in [9.17, 15) is 0 Å². The Morgan fingerprint density at radius 1 is 0.789 bits per heavy atom. The van der Waals surface area contributed by atoms with Crippen molar-refractivity contribution in [1.29, 1.82) is 0 Å². The van der Waals surface area contributed by atoms with Gasteiger partial charge in [-0.15, -0.1) is 0 Å². The Kier molecular flexibility index (Phi) is 4.86. The summed E-state index contributed by atoms with van der Waals surface area (Å²) in [6.45, 7) is 4.55. The van der Waals surface area contributed by atoms with Crippen LogP contribution in [-0.4, -0.2) is 8.80 Å². The lowest BCUT2D eigenvalue weighted by Gasteiger charge is -2.10. The topological polar surface area (TPSA) is 0 Å². The zero-order valence-electron chi connectivity index (χ0n) is 11.0. The Morgan fingerprint density at radius 2 is 1.16 bits per heavy atom. The van der Waals surface area contributed by atoms with E-state index in [-0.39, 0.29) is 0 Å². The molecule has 0 fully saturated rings. The molecule has 2 rings (SSSR count). The van der Waals surface area contributed by atoms with Crippen LogP contribution in [0, 0.1) is 0 Å². The van der Waals surface area contributed by atoms with Crippen LogP contribution >= 0.6 is 23.2 Å². The molecule has 0 unspecified atom stereocenters. The maximum atomic E-state index is 5.96. The highest BCUT2D eigenvalue weighted by Crippen LogP contribution is 2.26. The molecule has 1 radical (unpaired) electrons. The van der Waals surface area contributed by atoms with Crippen molar-refractivity contribution in [2.24, 2.45) is 0 Å². The van der Waals surface area contributed by atoms with Crippen molar-refractivity contribution in [3.63, 3.8) is 0 Å². The van der Waals surface area contributed by atoms with E-state index in [0.717, 1.165) is 10.0 Å². The number of rotatable bonds is 3. The molecule has 0 amide bonds. The second kappa shape index (κ2) is 6.42. The predicted octanol–water partition coefficient (Wildman–Crippen LogP) is 5.72. The molecule has 2 aromatic carbocycles. The lowest BCUT2D eigenvalue weighted by atomic mass is 10.00. The summed E-state index contributed by atoms with van der Waals surface area (Å²) in [4.78, 5) is 0. The predicted molar refractivity (Wildman–Crippen MR) is 87.5 cm³/mol. The fourth-order valence-corrected chi connectivity index (χ4v) is 3.04. The van der Waals surface area contributed by atoms with E-state index in [1.165, 1.54) is 16.7 Å². The van der Waals surface area contributed by atoms with E-state index >= 15 is 0 Å². The fraction of sp³-hybridized carbons (Fsp3) is 0.125. The maximum Gasteiger partial charge on any atom is 0.0701 e. The van der Waals surface area contributed by atoms with Gasteiger partial charge in [-0.25, -0.2) is 0 Å². The Balaban J connectivity index is 2.47. The molecule has 0 bridgehead atoms. The average molecular weight is 306 g/mol. The average Bonchev–Trinajstić information content (AvgIpc) is 2.38. The highest BCUT2D eigenvalue weighted by atomic mass is 35.5. The molecule has 0 aliphatic carbocycles. The molecule has 2 aromatic rings. The van der Waals surface area contributed by atoms with Gasteiger partial charge in [-0.1, -0.05) is 66.3 Å². The summed E-state index contributed by atoms with van der Waals surface area (Å²) >= 11 is 11.9. The van der Waals surface area contributed by atoms with E-state index in [1.54, 1.807) is 0 Å². The molecule has 0 N–H and O–H groups in total. The second-order valence-electron chi connectivity index (χ2n) is 4.65. The summed E-state index contributed by atoms with van der Waals surface area (Å²) in [5, 5.41) is 1.52. The van der Waals surface area contributed by atoms with Crippen LogP contribution in [0.15, 0.2) is 54.2 Å². The van der Waals surface area contributed by atoms with Gasteiger partial charge >= 0.3 is 0 Å². The third-order valence-corrected chi connectivity index (χ3v) is 4.11. The second-order valence-corrected chi connectivity index (χ2v) is 7.97. The van der Waals surface area contributed by atoms with Crippen molar-refractivity contribution in [2.75, 3.05) is 0 Å². The molecule has 0 atom stereocenters. The quantitative estimate of drug-likeness (QED) is 0.636. The first-order valence-corrected chi connectivity index (χ1v) is 9.43. The summed E-state index contributed by atoms with van der Waals surface area (Å²) in [6.07, 6.45) is 0. The fourth-order valence-electron chi connectivity index (χ4n) is 1.88. The van der Waals surface area contributed by atoms with Crippen LogP contribution in [0.5, 0.6) is 0 Å². The minimum atomic E-state index is -0.475. The lowest BCUT2D eigenvalue weighted by Crippen LogP contribution is -1.98. The van der Waals surface area contributed by atoms with E-state index in [0.29, 0.717) is 0 Å². The van der Waals surface area contributed by atoms with Crippen LogP contribution in [0.2, 0.25) is 23.1 Å². The van der Waals surface area contributed by atoms with Crippen LogP contribution in [0.25, 0.3) is 5.57 Å². The maximum absolute atomic E-state index is 5.96. The number of benzene rings is 2. The van der Waals surface area contributed by atoms with Crippen molar-refractivity contribution in [1.82, 2.24) is 0 Å². The molecule has 0 saturated heterocycles. The van der Waals surface area contributed by atoms with Crippen LogP contribution in [0.3, 0.4) is 0 Å². The summed E-state index contributed by atoms with van der Waals surface area (Å²) in [7, 11) is -0.475. The third kappa shape index (κ3) is 3.97. The third-order valence-electron chi connectivity index (χ3n) is 2.74. The minimum absolute atomic E-state index is 0.475. The van der Waals surface area contributed by atoms with Gasteiger partial charge in [-0.2, -0.15) is 0 Å². The van der Waals surface area contributed by atoms with Gasteiger partial charge in [0.1, 0.15) is 0 Å². The van der Waals surface area contributed by atoms with Crippen molar-refractivity contribution >= 4 is 37.6 Å². The molecule has 0 spiro atoms. The van der Waals surface area contributed by atoms with Gasteiger partial charge in [0.05, 0.1) is 8.80 Å². The Hall–Kier alpha value is -1.02. The Labute approximate surface area is 126 Å². The molecule has 0 aliphatic rings. The smallest absolute Gasteiger partial charge is 0.0701 e. The number of hydrogen-bond donors (Lipinski definition) is 0. The summed E-state index contributed by atoms with van der Waals surface area (Å²) < 4.78 is 0. The van der Waals surface area contributed by atoms with Crippen LogP contribution in [0.4, 0.5) is 0 Å². The first-order valence-electron chi connectivity index (χ1n) is 6.10. The van der Waals surface area contributed by atoms with Crippen molar-refractivity contribution < 1.29 is 0 Å². The van der Waals surface area contributed by atoms with Gasteiger partial charge in [0.15, 0.2) is 0 Å². The van der Waals surface area contributed by atoms with E-state index < -0.39 is 8.80 Å². The zero-order valence-corrected chi connectivity index (χ0v) is 13.5. The highest BCUT2D eigenvalue weighted by Gasteiger charge is 2.06. The van der Waals surface area contributed by atoms with Gasteiger partial charge in [0.2, 0.25) is 0 Å². The normalized spacial score (nSPS) is 10.6. The molecule has 0 aliphatic heterocycles. The van der Waals surface area contributed by atoms with Crippen LogP contribution < -0.4 is 0 Å². The van der Waals surface area contributed by atoms with Crippen molar-refractivity contribution in [2.45, 2.75) is 13.1 Å². The molecule has 3 heteroatoms. The SMILES string of the molecule is C[Si](C)C=C(c1ccc(Cl)cc1)c1ccc(Cl)cc1. The van der Waals surface area contributed by atoms with Gasteiger partial charge < -0.3 is 0 Å². The number of hydrogen-bond acceptors (Lipinski definition) is 0. The van der Waals surface area contributed by atoms with Gasteiger partial charge in [0, 0.05) is 10.0 Å². The molecule has 97 valence electrons. The Bertz CT molecular complexity index is 521. The van der Waals surface area contributed by atoms with Crippen LogP contribution in [0.1, 0.15) is 11.1 Å². The molecule has 0 aromatic heterocycles. The van der Waals surface area contributed by atoms with Gasteiger partial charge in [0.25, 0.3) is 0 Å². The van der Waals surface area contributed by atoms with Crippen molar-refractivity contribution in [3.8, 4) is 0 Å².